The lowest BCUT2D eigenvalue weighted by Gasteiger charge is -2.12. The van der Waals surface area contributed by atoms with Gasteiger partial charge in [-0.3, -0.25) is 4.84 Å². The van der Waals surface area contributed by atoms with Crippen molar-refractivity contribution >= 4 is 16.9 Å². The van der Waals surface area contributed by atoms with Crippen molar-refractivity contribution in [3.05, 3.63) is 42.0 Å². The zero-order chi connectivity index (χ0) is 15.4. The summed E-state index contributed by atoms with van der Waals surface area (Å²) in [5.74, 6) is 0.821. The van der Waals surface area contributed by atoms with Gasteiger partial charge in [-0.15, -0.1) is 0 Å². The van der Waals surface area contributed by atoms with Gasteiger partial charge in [0.2, 0.25) is 6.04 Å². The van der Waals surface area contributed by atoms with Crippen LogP contribution < -0.4 is 4.74 Å². The van der Waals surface area contributed by atoms with Gasteiger partial charge in [0.25, 0.3) is 0 Å². The number of isocyanates is 1. The van der Waals surface area contributed by atoms with Gasteiger partial charge >= 0.3 is 6.08 Å². The van der Waals surface area contributed by atoms with Gasteiger partial charge in [0, 0.05) is 18.4 Å². The molecule has 2 aromatic carbocycles. The van der Waals surface area contributed by atoms with E-state index in [9.17, 15) is 4.79 Å². The largest absolute Gasteiger partial charge is 0.493 e. The lowest BCUT2D eigenvalue weighted by atomic mass is 10.0. The van der Waals surface area contributed by atoms with Crippen LogP contribution >= 0.6 is 0 Å². The summed E-state index contributed by atoms with van der Waals surface area (Å²) in [5, 5.41) is 2.23. The molecule has 0 atom stereocenters. The summed E-state index contributed by atoms with van der Waals surface area (Å²) in [5.41, 5.74) is 0.979. The number of ether oxygens (including phenoxy) is 1. The zero-order valence-corrected chi connectivity index (χ0v) is 12.7. The van der Waals surface area contributed by atoms with Crippen molar-refractivity contribution in [3.8, 4) is 5.75 Å². The summed E-state index contributed by atoms with van der Waals surface area (Å²) < 4.78 is 7.15. The molecule has 1 fully saturated rings. The van der Waals surface area contributed by atoms with Crippen LogP contribution in [0.5, 0.6) is 5.75 Å². The van der Waals surface area contributed by atoms with Crippen LogP contribution in [0.2, 0.25) is 0 Å². The number of benzene rings is 2. The molecule has 114 valence electrons. The average Bonchev–Trinajstić information content (AvgIpc) is 3.39. The lowest BCUT2D eigenvalue weighted by Crippen LogP contribution is -2.14. The molecule has 0 unspecified atom stereocenters. The van der Waals surface area contributed by atoms with E-state index in [0.29, 0.717) is 13.2 Å². The van der Waals surface area contributed by atoms with Gasteiger partial charge < -0.3 is 4.74 Å². The second-order valence-corrected chi connectivity index (χ2v) is 5.53. The first-order chi connectivity index (χ1) is 10.8. The lowest BCUT2D eigenvalue weighted by molar-refractivity contribution is -0.799. The van der Waals surface area contributed by atoms with Gasteiger partial charge in [0.05, 0.1) is 11.3 Å². The van der Waals surface area contributed by atoms with Crippen molar-refractivity contribution in [2.75, 3.05) is 6.61 Å². The van der Waals surface area contributed by atoms with Crippen LogP contribution in [-0.2, 0) is 16.2 Å². The molecule has 1 saturated carbocycles. The molecule has 4 heteroatoms. The molecule has 0 N–H and O–H groups in total. The Morgan fingerprint density at radius 3 is 2.77 bits per heavy atom. The van der Waals surface area contributed by atoms with E-state index in [-0.39, 0.29) is 6.04 Å². The van der Waals surface area contributed by atoms with E-state index in [1.165, 1.54) is 4.74 Å². The number of hydroxylamine groups is 1. The highest BCUT2D eigenvalue weighted by atomic mass is 16.7. The minimum Gasteiger partial charge on any atom is -0.493 e. The molecule has 0 aromatic heterocycles. The first-order valence-corrected chi connectivity index (χ1v) is 7.77. The smallest absolute Gasteiger partial charge is 0.477 e. The Kier molecular flexibility index (Phi) is 4.40. The molecule has 3 rings (SSSR count). The summed E-state index contributed by atoms with van der Waals surface area (Å²) in [4.78, 5) is 16.6. The fourth-order valence-corrected chi connectivity index (χ4v) is 2.46. The predicted molar refractivity (Wildman–Crippen MR) is 83.5 cm³/mol. The Bertz CT molecular complexity index is 715. The Balaban J connectivity index is 1.91. The Labute approximate surface area is 129 Å². The third-order valence-corrected chi connectivity index (χ3v) is 3.78. The maximum absolute atomic E-state index is 11.0. The number of carbonyl (C=O) groups excluding carboxylic acids is 1. The molecule has 4 nitrogen and oxygen atoms in total. The highest BCUT2D eigenvalue weighted by Crippen LogP contribution is 2.30. The molecule has 0 saturated heterocycles. The second kappa shape index (κ2) is 6.63. The Morgan fingerprint density at radius 2 is 2.05 bits per heavy atom. The van der Waals surface area contributed by atoms with Crippen LogP contribution in [0.25, 0.3) is 10.8 Å². The average molecular weight is 298 g/mol. The van der Waals surface area contributed by atoms with Crippen molar-refractivity contribution in [2.45, 2.75) is 38.8 Å². The van der Waals surface area contributed by atoms with E-state index in [4.69, 9.17) is 9.57 Å². The monoisotopic (exact) mass is 298 g/mol. The van der Waals surface area contributed by atoms with Crippen LogP contribution in [0.1, 0.15) is 31.7 Å². The first kappa shape index (κ1) is 14.6. The topological polar surface area (TPSA) is 38.5 Å². The molecule has 0 amide bonds. The molecule has 1 aliphatic rings. The van der Waals surface area contributed by atoms with E-state index in [1.807, 2.05) is 30.3 Å². The number of fused-ring (bicyclic) bond motifs is 1. The second-order valence-electron chi connectivity index (χ2n) is 5.53. The normalized spacial score (nSPS) is 13.7. The molecule has 1 aliphatic carbocycles. The third kappa shape index (κ3) is 3.12. The van der Waals surface area contributed by atoms with Crippen LogP contribution in [0.4, 0.5) is 0 Å². The molecule has 0 aliphatic heterocycles. The van der Waals surface area contributed by atoms with Gasteiger partial charge in [-0.1, -0.05) is 37.3 Å². The summed E-state index contributed by atoms with van der Waals surface area (Å²) in [6.45, 7) is 3.05. The number of hydrogen-bond acceptors (Lipinski definition) is 3. The fraction of sp³-hybridized carbons (Fsp3) is 0.389. The summed E-state index contributed by atoms with van der Waals surface area (Å²) >= 11 is 0. The van der Waals surface area contributed by atoms with Crippen LogP contribution in [-0.4, -0.2) is 23.5 Å². The highest BCUT2D eigenvalue weighted by molar-refractivity contribution is 5.87. The van der Waals surface area contributed by atoms with Crippen molar-refractivity contribution < 1.29 is 19.1 Å². The fourth-order valence-electron chi connectivity index (χ4n) is 2.46. The van der Waals surface area contributed by atoms with Crippen LogP contribution in [0.15, 0.2) is 36.4 Å². The van der Waals surface area contributed by atoms with Crippen molar-refractivity contribution in [2.24, 2.45) is 0 Å². The SMILES string of the molecule is CCCOc1ccc2ccccc2c1CO[N+](=C=O)C1CC1. The quantitative estimate of drug-likeness (QED) is 0.339. The van der Waals surface area contributed by atoms with Crippen LogP contribution in [0, 0.1) is 0 Å². The van der Waals surface area contributed by atoms with Crippen molar-refractivity contribution in [3.63, 3.8) is 0 Å². The van der Waals surface area contributed by atoms with E-state index < -0.39 is 0 Å². The standard InChI is InChI=1S/C18H20NO3/c1-2-11-21-18-10-7-14-5-3-4-6-16(14)17(18)12-22-19(13-20)15-8-9-15/h3-7,10,15H,2,8-9,11-12H2,1H3/q+1. The number of nitrogens with zero attached hydrogens (tertiary/aromatic N) is 1. The molecule has 0 heterocycles. The van der Waals surface area contributed by atoms with Gasteiger partial charge in [-0.25, -0.2) is 0 Å². The summed E-state index contributed by atoms with van der Waals surface area (Å²) in [6, 6.07) is 12.3. The number of rotatable bonds is 7. The molecule has 0 radical (unpaired) electrons. The van der Waals surface area contributed by atoms with E-state index >= 15 is 0 Å². The predicted octanol–water partition coefficient (Wildman–Crippen LogP) is 3.57. The third-order valence-electron chi connectivity index (χ3n) is 3.78. The zero-order valence-electron chi connectivity index (χ0n) is 12.7. The van der Waals surface area contributed by atoms with Crippen molar-refractivity contribution in [1.29, 1.82) is 0 Å². The molecule has 0 bridgehead atoms. The summed E-state index contributed by atoms with van der Waals surface area (Å²) in [6.07, 6.45) is 4.79. The molecule has 22 heavy (non-hydrogen) atoms. The van der Waals surface area contributed by atoms with Gasteiger partial charge in [0.1, 0.15) is 5.75 Å². The summed E-state index contributed by atoms with van der Waals surface area (Å²) in [7, 11) is 0. The highest BCUT2D eigenvalue weighted by Gasteiger charge is 2.37. The van der Waals surface area contributed by atoms with E-state index in [2.05, 4.69) is 19.1 Å². The van der Waals surface area contributed by atoms with Gasteiger partial charge in [-0.05, 0) is 23.3 Å². The maximum atomic E-state index is 11.0. The van der Waals surface area contributed by atoms with E-state index in [1.54, 1.807) is 0 Å². The minimum atomic E-state index is 0.187. The molecular weight excluding hydrogens is 278 g/mol. The number of hydrogen-bond donors (Lipinski definition) is 0. The minimum absolute atomic E-state index is 0.187. The van der Waals surface area contributed by atoms with E-state index in [0.717, 1.165) is 41.3 Å². The molecule has 2 aromatic rings. The first-order valence-electron chi connectivity index (χ1n) is 7.77. The molecular formula is C18H20NO3+. The van der Waals surface area contributed by atoms with Crippen molar-refractivity contribution in [1.82, 2.24) is 0 Å². The maximum Gasteiger partial charge on any atom is 0.477 e. The van der Waals surface area contributed by atoms with Gasteiger partial charge in [0.15, 0.2) is 6.61 Å². The molecule has 0 spiro atoms. The van der Waals surface area contributed by atoms with Crippen LogP contribution in [0.3, 0.4) is 0 Å². The Hall–Kier alpha value is -2.32. The Morgan fingerprint density at radius 1 is 1.23 bits per heavy atom. The van der Waals surface area contributed by atoms with Gasteiger partial charge in [-0.2, -0.15) is 4.79 Å².